The number of amides is 2. The van der Waals surface area contributed by atoms with E-state index < -0.39 is 23.7 Å². The Hall–Kier alpha value is -2.40. The van der Waals surface area contributed by atoms with Crippen LogP contribution in [0.5, 0.6) is 0 Å². The molecule has 0 bridgehead atoms. The molecular weight excluding hydrogens is 443 g/mol. The van der Waals surface area contributed by atoms with Crippen LogP contribution in [0.4, 0.5) is 20.8 Å². The maximum absolute atomic E-state index is 15.2. The van der Waals surface area contributed by atoms with Crippen LogP contribution in [-0.2, 0) is 4.79 Å². The number of aromatic nitrogens is 2. The highest BCUT2D eigenvalue weighted by Gasteiger charge is 2.30. The SMILES string of the molecule is O=C(O)NC[C@@H](CC1CCCC1)C(=O)NNc1nc(Cl)nc(N2CCC[C@H]2CCO)c1F. The molecule has 10 nitrogen and oxygen atoms in total. The van der Waals surface area contributed by atoms with E-state index in [4.69, 9.17) is 16.7 Å². The van der Waals surface area contributed by atoms with Crippen molar-refractivity contribution >= 4 is 35.2 Å². The first-order valence-electron chi connectivity index (χ1n) is 11.0. The molecule has 2 aliphatic rings. The molecular formula is C20H30ClFN6O4. The minimum absolute atomic E-state index is 0.0183. The average Bonchev–Trinajstić information content (AvgIpc) is 3.43. The predicted molar refractivity (Wildman–Crippen MR) is 117 cm³/mol. The van der Waals surface area contributed by atoms with Crippen molar-refractivity contribution in [3.05, 3.63) is 11.1 Å². The zero-order valence-corrected chi connectivity index (χ0v) is 18.6. The number of nitrogens with one attached hydrogen (secondary N) is 3. The molecule has 1 aromatic rings. The van der Waals surface area contributed by atoms with Gasteiger partial charge in [0.1, 0.15) is 0 Å². The maximum atomic E-state index is 15.2. The third-order valence-electron chi connectivity index (χ3n) is 6.19. The van der Waals surface area contributed by atoms with E-state index in [-0.39, 0.29) is 36.1 Å². The van der Waals surface area contributed by atoms with Gasteiger partial charge in [0.15, 0.2) is 11.6 Å². The number of hydrogen-bond acceptors (Lipinski definition) is 7. The Labute approximate surface area is 190 Å². The molecule has 0 spiro atoms. The smallest absolute Gasteiger partial charge is 0.404 e. The second-order valence-corrected chi connectivity index (χ2v) is 8.70. The molecule has 0 radical (unpaired) electrons. The van der Waals surface area contributed by atoms with E-state index in [1.54, 1.807) is 4.90 Å². The van der Waals surface area contributed by atoms with Crippen molar-refractivity contribution in [2.45, 2.75) is 57.4 Å². The molecule has 32 heavy (non-hydrogen) atoms. The Bertz CT molecular complexity index is 811. The molecule has 1 saturated carbocycles. The number of rotatable bonds is 10. The molecule has 1 saturated heterocycles. The summed E-state index contributed by atoms with van der Waals surface area (Å²) in [4.78, 5) is 33.3. The quantitative estimate of drug-likeness (QED) is 0.258. The van der Waals surface area contributed by atoms with Crippen molar-refractivity contribution in [1.29, 1.82) is 0 Å². The molecule has 3 rings (SSSR count). The van der Waals surface area contributed by atoms with Gasteiger partial charge in [0.05, 0.1) is 5.92 Å². The fourth-order valence-electron chi connectivity index (χ4n) is 4.61. The van der Waals surface area contributed by atoms with Crippen LogP contribution in [0.15, 0.2) is 0 Å². The Morgan fingerprint density at radius 2 is 1.97 bits per heavy atom. The fraction of sp³-hybridized carbons (Fsp3) is 0.700. The Balaban J connectivity index is 1.69. The summed E-state index contributed by atoms with van der Waals surface area (Å²) in [6.07, 6.45) is 5.69. The summed E-state index contributed by atoms with van der Waals surface area (Å²) >= 11 is 6.01. The number of carbonyl (C=O) groups is 2. The van der Waals surface area contributed by atoms with Crippen molar-refractivity contribution in [1.82, 2.24) is 20.7 Å². The summed E-state index contributed by atoms with van der Waals surface area (Å²) in [5.74, 6) is -1.70. The summed E-state index contributed by atoms with van der Waals surface area (Å²) in [7, 11) is 0. The van der Waals surface area contributed by atoms with E-state index >= 15 is 4.39 Å². The molecule has 178 valence electrons. The number of nitrogens with zero attached hydrogens (tertiary/aromatic N) is 3. The lowest BCUT2D eigenvalue weighted by atomic mass is 9.92. The van der Waals surface area contributed by atoms with Crippen LogP contribution in [0.25, 0.3) is 0 Å². The van der Waals surface area contributed by atoms with E-state index in [1.165, 1.54) is 0 Å². The van der Waals surface area contributed by atoms with Crippen molar-refractivity contribution in [2.75, 3.05) is 30.0 Å². The molecule has 2 amide bonds. The lowest BCUT2D eigenvalue weighted by Gasteiger charge is -2.26. The molecule has 2 fully saturated rings. The lowest BCUT2D eigenvalue weighted by Crippen LogP contribution is -2.42. The Morgan fingerprint density at radius 1 is 1.22 bits per heavy atom. The van der Waals surface area contributed by atoms with Gasteiger partial charge < -0.3 is 20.4 Å². The van der Waals surface area contributed by atoms with Gasteiger partial charge >= 0.3 is 6.09 Å². The first kappa shape index (κ1) is 24.2. The van der Waals surface area contributed by atoms with E-state index in [1.807, 2.05) is 0 Å². The van der Waals surface area contributed by atoms with Gasteiger partial charge in [-0.25, -0.2) is 4.79 Å². The van der Waals surface area contributed by atoms with E-state index in [2.05, 4.69) is 26.1 Å². The maximum Gasteiger partial charge on any atom is 0.404 e. The highest BCUT2D eigenvalue weighted by atomic mass is 35.5. The molecule has 1 aromatic heterocycles. The molecule has 0 unspecified atom stereocenters. The summed E-state index contributed by atoms with van der Waals surface area (Å²) < 4.78 is 15.2. The van der Waals surface area contributed by atoms with Gasteiger partial charge in [-0.15, -0.1) is 0 Å². The molecule has 0 aromatic carbocycles. The van der Waals surface area contributed by atoms with Crippen LogP contribution >= 0.6 is 11.6 Å². The molecule has 12 heteroatoms. The third-order valence-corrected chi connectivity index (χ3v) is 6.35. The van der Waals surface area contributed by atoms with E-state index in [0.29, 0.717) is 25.3 Å². The van der Waals surface area contributed by atoms with Crippen molar-refractivity contribution in [3.63, 3.8) is 0 Å². The number of hydrogen-bond donors (Lipinski definition) is 5. The number of aliphatic hydroxyl groups is 1. The number of anilines is 2. The van der Waals surface area contributed by atoms with E-state index in [0.717, 1.165) is 38.5 Å². The normalized spacial score (nSPS) is 19.7. The number of aliphatic hydroxyl groups excluding tert-OH is 1. The topological polar surface area (TPSA) is 140 Å². The van der Waals surface area contributed by atoms with Crippen LogP contribution in [-0.4, -0.2) is 57.9 Å². The molecule has 2 atom stereocenters. The van der Waals surface area contributed by atoms with Gasteiger partial charge in [0.2, 0.25) is 17.0 Å². The third kappa shape index (κ3) is 6.32. The molecule has 5 N–H and O–H groups in total. The number of halogens is 2. The van der Waals surface area contributed by atoms with Crippen LogP contribution in [0, 0.1) is 17.7 Å². The zero-order valence-electron chi connectivity index (χ0n) is 17.8. The minimum Gasteiger partial charge on any atom is -0.465 e. The first-order valence-corrected chi connectivity index (χ1v) is 11.4. The van der Waals surface area contributed by atoms with Crippen molar-refractivity contribution in [3.8, 4) is 0 Å². The standard InChI is InChI=1S/C20H30ClFN6O4/c21-19-24-16(15(22)17(25-19)28-8-3-6-14(28)7-9-29)26-27-18(30)13(11-23-20(31)32)10-12-4-1-2-5-12/h12-14,23,29H,1-11H2,(H,27,30)(H,31,32)(H,24,25,26)/t13-,14+/m1/s1. The molecule has 2 heterocycles. The average molecular weight is 473 g/mol. The summed E-state index contributed by atoms with van der Waals surface area (Å²) in [6, 6.07) is -0.0548. The summed E-state index contributed by atoms with van der Waals surface area (Å²) in [5, 5.41) is 20.3. The van der Waals surface area contributed by atoms with Gasteiger partial charge in [-0.1, -0.05) is 25.7 Å². The lowest BCUT2D eigenvalue weighted by molar-refractivity contribution is -0.124. The summed E-state index contributed by atoms with van der Waals surface area (Å²) in [6.45, 7) is 0.523. The van der Waals surface area contributed by atoms with Gasteiger partial charge in [-0.3, -0.25) is 15.6 Å². The van der Waals surface area contributed by atoms with E-state index in [9.17, 15) is 14.7 Å². The Kier molecular flexibility index (Phi) is 8.68. The van der Waals surface area contributed by atoms with Crippen LogP contribution < -0.4 is 21.1 Å². The predicted octanol–water partition coefficient (Wildman–Crippen LogP) is 2.53. The highest BCUT2D eigenvalue weighted by Crippen LogP contribution is 2.32. The second kappa shape index (κ2) is 11.5. The second-order valence-electron chi connectivity index (χ2n) is 8.36. The van der Waals surface area contributed by atoms with Crippen LogP contribution in [0.1, 0.15) is 51.4 Å². The van der Waals surface area contributed by atoms with Gasteiger partial charge in [0.25, 0.3) is 0 Å². The fourth-order valence-corrected chi connectivity index (χ4v) is 4.77. The summed E-state index contributed by atoms with van der Waals surface area (Å²) in [5.41, 5.74) is 4.95. The molecule has 1 aliphatic carbocycles. The van der Waals surface area contributed by atoms with Crippen molar-refractivity contribution in [2.24, 2.45) is 11.8 Å². The van der Waals surface area contributed by atoms with Crippen LogP contribution in [0.2, 0.25) is 5.28 Å². The molecule has 1 aliphatic heterocycles. The van der Waals surface area contributed by atoms with Gasteiger partial charge in [0, 0.05) is 25.7 Å². The monoisotopic (exact) mass is 472 g/mol. The first-order chi connectivity index (χ1) is 15.4. The van der Waals surface area contributed by atoms with Gasteiger partial charge in [-0.2, -0.15) is 14.4 Å². The number of carboxylic acid groups (broad SMARTS) is 1. The highest BCUT2D eigenvalue weighted by molar-refractivity contribution is 6.28. The minimum atomic E-state index is -1.21. The largest absolute Gasteiger partial charge is 0.465 e. The van der Waals surface area contributed by atoms with Crippen molar-refractivity contribution < 1.29 is 24.2 Å². The van der Waals surface area contributed by atoms with Crippen LogP contribution in [0.3, 0.4) is 0 Å². The number of carbonyl (C=O) groups excluding carboxylic acids is 1. The Morgan fingerprint density at radius 3 is 2.66 bits per heavy atom. The zero-order chi connectivity index (χ0) is 23.1. The number of hydrazine groups is 1. The van der Waals surface area contributed by atoms with Gasteiger partial charge in [-0.05, 0) is 43.2 Å².